The Bertz CT molecular complexity index is 553. The molecule has 1 heterocycles. The van der Waals surface area contributed by atoms with E-state index in [0.717, 1.165) is 13.0 Å². The molecule has 1 aromatic carbocycles. The van der Waals surface area contributed by atoms with Crippen molar-refractivity contribution in [2.75, 3.05) is 17.6 Å². The van der Waals surface area contributed by atoms with Gasteiger partial charge in [0, 0.05) is 49.0 Å². The Kier molecular flexibility index (Phi) is 3.97. The lowest BCUT2D eigenvalue weighted by Crippen LogP contribution is -2.06. The van der Waals surface area contributed by atoms with Crippen LogP contribution in [0, 0.1) is 10.1 Å². The second-order valence-corrected chi connectivity index (χ2v) is 4.15. The average Bonchev–Trinajstić information content (AvgIpc) is 2.87. The topological polar surface area (TPSA) is 99.0 Å². The number of nitrogens with one attached hydrogen (secondary N) is 1. The van der Waals surface area contributed by atoms with Crippen molar-refractivity contribution in [3.8, 4) is 0 Å². The van der Waals surface area contributed by atoms with Crippen molar-refractivity contribution in [2.24, 2.45) is 0 Å². The summed E-state index contributed by atoms with van der Waals surface area (Å²) in [5, 5.41) is 13.8. The zero-order valence-corrected chi connectivity index (χ0v) is 10.3. The van der Waals surface area contributed by atoms with E-state index in [-0.39, 0.29) is 5.69 Å². The van der Waals surface area contributed by atoms with E-state index >= 15 is 0 Å². The van der Waals surface area contributed by atoms with Gasteiger partial charge in [-0.2, -0.15) is 0 Å². The maximum absolute atomic E-state index is 10.7. The van der Waals surface area contributed by atoms with Crippen LogP contribution in [-0.4, -0.2) is 21.0 Å². The molecule has 0 bridgehead atoms. The van der Waals surface area contributed by atoms with E-state index in [2.05, 4.69) is 10.3 Å². The van der Waals surface area contributed by atoms with Gasteiger partial charge in [-0.25, -0.2) is 4.98 Å². The Hall–Kier alpha value is -2.57. The normalized spacial score (nSPS) is 10.3. The molecule has 0 saturated carbocycles. The van der Waals surface area contributed by atoms with E-state index in [4.69, 9.17) is 5.73 Å². The first kappa shape index (κ1) is 12.9. The van der Waals surface area contributed by atoms with Crippen molar-refractivity contribution in [1.82, 2.24) is 9.55 Å². The van der Waals surface area contributed by atoms with Crippen molar-refractivity contribution in [3.05, 3.63) is 47.0 Å². The first-order valence-electron chi connectivity index (χ1n) is 5.90. The number of imidazole rings is 1. The molecule has 3 N–H and O–H groups in total. The lowest BCUT2D eigenvalue weighted by atomic mass is 10.2. The van der Waals surface area contributed by atoms with Gasteiger partial charge < -0.3 is 15.6 Å². The van der Waals surface area contributed by atoms with Gasteiger partial charge in [-0.15, -0.1) is 0 Å². The molecule has 0 spiro atoms. The molecule has 0 atom stereocenters. The van der Waals surface area contributed by atoms with E-state index < -0.39 is 4.92 Å². The highest BCUT2D eigenvalue weighted by atomic mass is 16.6. The van der Waals surface area contributed by atoms with Crippen LogP contribution in [0.2, 0.25) is 0 Å². The number of aromatic nitrogens is 2. The average molecular weight is 261 g/mol. The molecule has 2 rings (SSSR count). The first-order valence-corrected chi connectivity index (χ1v) is 5.90. The number of nitrogen functional groups attached to an aromatic ring is 1. The van der Waals surface area contributed by atoms with Crippen molar-refractivity contribution < 1.29 is 4.92 Å². The lowest BCUT2D eigenvalue weighted by Gasteiger charge is -2.07. The molecule has 0 saturated heterocycles. The second-order valence-electron chi connectivity index (χ2n) is 4.15. The summed E-state index contributed by atoms with van der Waals surface area (Å²) in [6.45, 7) is 1.55. The van der Waals surface area contributed by atoms with Gasteiger partial charge in [-0.1, -0.05) is 0 Å². The van der Waals surface area contributed by atoms with Gasteiger partial charge in [0.15, 0.2) is 0 Å². The molecular formula is C12H15N5O2. The number of hydrogen-bond donors (Lipinski definition) is 2. The maximum atomic E-state index is 10.7. The van der Waals surface area contributed by atoms with E-state index in [1.165, 1.54) is 12.1 Å². The van der Waals surface area contributed by atoms with Crippen LogP contribution in [0.4, 0.5) is 17.1 Å². The third-order valence-electron chi connectivity index (χ3n) is 2.63. The van der Waals surface area contributed by atoms with Gasteiger partial charge in [0.2, 0.25) is 0 Å². The zero-order chi connectivity index (χ0) is 13.7. The summed E-state index contributed by atoms with van der Waals surface area (Å²) in [7, 11) is 0. The van der Waals surface area contributed by atoms with E-state index in [9.17, 15) is 10.1 Å². The number of nitro groups is 1. The van der Waals surface area contributed by atoms with Crippen LogP contribution < -0.4 is 11.1 Å². The molecule has 0 aliphatic rings. The van der Waals surface area contributed by atoms with Crippen molar-refractivity contribution in [2.45, 2.75) is 13.0 Å². The Balaban J connectivity index is 1.87. The first-order chi connectivity index (χ1) is 9.15. The van der Waals surface area contributed by atoms with Gasteiger partial charge >= 0.3 is 0 Å². The number of benzene rings is 1. The lowest BCUT2D eigenvalue weighted by molar-refractivity contribution is -0.384. The Morgan fingerprint density at radius 3 is 2.95 bits per heavy atom. The van der Waals surface area contributed by atoms with E-state index in [1.807, 2.05) is 10.8 Å². The molecule has 0 aliphatic heterocycles. The summed E-state index contributed by atoms with van der Waals surface area (Å²) in [5.74, 6) is 0. The summed E-state index contributed by atoms with van der Waals surface area (Å²) >= 11 is 0. The number of non-ortho nitro benzene ring substituents is 1. The van der Waals surface area contributed by atoms with Crippen LogP contribution in [0.5, 0.6) is 0 Å². The Morgan fingerprint density at radius 1 is 1.42 bits per heavy atom. The van der Waals surface area contributed by atoms with Crippen LogP contribution in [0.15, 0.2) is 36.9 Å². The van der Waals surface area contributed by atoms with E-state index in [1.54, 1.807) is 18.6 Å². The highest BCUT2D eigenvalue weighted by Crippen LogP contribution is 2.22. The number of rotatable bonds is 6. The van der Waals surface area contributed by atoms with Gasteiger partial charge in [-0.3, -0.25) is 10.1 Å². The molecule has 0 unspecified atom stereocenters. The summed E-state index contributed by atoms with van der Waals surface area (Å²) in [6.07, 6.45) is 6.27. The summed E-state index contributed by atoms with van der Waals surface area (Å²) < 4.78 is 1.98. The van der Waals surface area contributed by atoms with Gasteiger partial charge in [-0.05, 0) is 12.5 Å². The molecule has 0 fully saturated rings. The number of anilines is 2. The number of nitrogens with zero attached hydrogens (tertiary/aromatic N) is 3. The predicted molar refractivity (Wildman–Crippen MR) is 72.8 cm³/mol. The Labute approximate surface area is 110 Å². The molecule has 2 aromatic rings. The third kappa shape index (κ3) is 3.70. The maximum Gasteiger partial charge on any atom is 0.273 e. The van der Waals surface area contributed by atoms with Crippen molar-refractivity contribution >= 4 is 17.1 Å². The standard InChI is InChI=1S/C12H15N5O2/c13-10-6-11(8-12(7-10)17(18)19)15-2-1-4-16-5-3-14-9-16/h3,5-9,15H,1-2,4,13H2. The fraction of sp³-hybridized carbons (Fsp3) is 0.250. The minimum atomic E-state index is -0.451. The predicted octanol–water partition coefficient (Wildman–Crippen LogP) is 1.88. The van der Waals surface area contributed by atoms with Gasteiger partial charge in [0.25, 0.3) is 5.69 Å². The van der Waals surface area contributed by atoms with Crippen LogP contribution in [0.1, 0.15) is 6.42 Å². The van der Waals surface area contributed by atoms with Gasteiger partial charge in [0.1, 0.15) is 0 Å². The van der Waals surface area contributed by atoms with Crippen LogP contribution >= 0.6 is 0 Å². The minimum absolute atomic E-state index is 0.00268. The van der Waals surface area contributed by atoms with Crippen molar-refractivity contribution in [1.29, 1.82) is 0 Å². The Morgan fingerprint density at radius 2 is 2.26 bits per heavy atom. The number of aryl methyl sites for hydroxylation is 1. The largest absolute Gasteiger partial charge is 0.398 e. The highest BCUT2D eigenvalue weighted by molar-refractivity contribution is 5.61. The summed E-state index contributed by atoms with van der Waals surface area (Å²) in [4.78, 5) is 14.2. The molecule has 19 heavy (non-hydrogen) atoms. The quantitative estimate of drug-likeness (QED) is 0.358. The fourth-order valence-electron chi connectivity index (χ4n) is 1.76. The zero-order valence-electron chi connectivity index (χ0n) is 10.3. The highest BCUT2D eigenvalue weighted by Gasteiger charge is 2.07. The molecule has 0 radical (unpaired) electrons. The number of nitro benzene ring substituents is 1. The SMILES string of the molecule is Nc1cc(NCCCn2ccnc2)cc([N+](=O)[O-])c1. The van der Waals surface area contributed by atoms with Crippen LogP contribution in [0.3, 0.4) is 0 Å². The number of hydrogen-bond acceptors (Lipinski definition) is 5. The fourth-order valence-corrected chi connectivity index (χ4v) is 1.76. The minimum Gasteiger partial charge on any atom is -0.398 e. The smallest absolute Gasteiger partial charge is 0.273 e. The number of nitrogens with two attached hydrogens (primary N) is 1. The molecule has 1 aromatic heterocycles. The summed E-state index contributed by atoms with van der Waals surface area (Å²) in [6, 6.07) is 4.51. The molecule has 0 aliphatic carbocycles. The third-order valence-corrected chi connectivity index (χ3v) is 2.63. The summed E-state index contributed by atoms with van der Waals surface area (Å²) in [5.41, 5.74) is 6.66. The molecule has 0 amide bonds. The monoisotopic (exact) mass is 261 g/mol. The van der Waals surface area contributed by atoms with Gasteiger partial charge in [0.05, 0.1) is 11.3 Å². The molecular weight excluding hydrogens is 246 g/mol. The molecule has 7 heteroatoms. The van der Waals surface area contributed by atoms with Crippen molar-refractivity contribution in [3.63, 3.8) is 0 Å². The molecule has 100 valence electrons. The van der Waals surface area contributed by atoms with Crippen LogP contribution in [0.25, 0.3) is 0 Å². The second kappa shape index (κ2) is 5.85. The van der Waals surface area contributed by atoms with Crippen LogP contribution in [-0.2, 0) is 6.54 Å². The van der Waals surface area contributed by atoms with E-state index in [0.29, 0.717) is 17.9 Å². The molecule has 7 nitrogen and oxygen atoms in total.